The number of rotatable bonds is 5. The van der Waals surface area contributed by atoms with Gasteiger partial charge in [0.1, 0.15) is 0 Å². The van der Waals surface area contributed by atoms with E-state index in [0.717, 1.165) is 5.69 Å². The average Bonchev–Trinajstić information content (AvgIpc) is 2.86. The number of aliphatic hydroxyl groups is 1. The fraction of sp³-hybridized carbons (Fsp3) is 0.750. The summed E-state index contributed by atoms with van der Waals surface area (Å²) in [4.78, 5) is 0. The summed E-state index contributed by atoms with van der Waals surface area (Å²) in [5, 5.41) is 18.5. The fourth-order valence-electron chi connectivity index (χ4n) is 1.26. The van der Waals surface area contributed by atoms with Crippen LogP contribution >= 0.6 is 11.5 Å². The molecular formula is C8H13N3OS. The highest BCUT2D eigenvalue weighted by molar-refractivity contribution is 7.03. The second-order valence-electron chi connectivity index (χ2n) is 3.43. The van der Waals surface area contributed by atoms with Crippen molar-refractivity contribution < 1.29 is 5.11 Å². The van der Waals surface area contributed by atoms with Crippen LogP contribution in [0.4, 0.5) is 0 Å². The third-order valence-corrected chi connectivity index (χ3v) is 2.78. The highest BCUT2D eigenvalue weighted by Gasteiger charge is 2.28. The fourth-order valence-corrected chi connectivity index (χ4v) is 1.71. The lowest BCUT2D eigenvalue weighted by molar-refractivity contribution is 0.148. The van der Waals surface area contributed by atoms with Gasteiger partial charge in [-0.3, -0.25) is 0 Å². The van der Waals surface area contributed by atoms with Crippen LogP contribution in [0.5, 0.6) is 0 Å². The number of hydrogen-bond acceptors (Lipinski definition) is 5. The minimum atomic E-state index is -0.174. The number of nitrogens with zero attached hydrogens (tertiary/aromatic N) is 2. The molecule has 0 radical (unpaired) electrons. The average molecular weight is 199 g/mol. The van der Waals surface area contributed by atoms with Crippen molar-refractivity contribution in [2.45, 2.75) is 25.5 Å². The largest absolute Gasteiger partial charge is 0.392 e. The molecule has 1 aliphatic carbocycles. The van der Waals surface area contributed by atoms with Gasteiger partial charge in [-0.1, -0.05) is 4.49 Å². The molecule has 1 unspecified atom stereocenters. The van der Waals surface area contributed by atoms with Crippen LogP contribution in [-0.2, 0) is 6.54 Å². The number of nitrogens with one attached hydrogen (secondary N) is 1. The smallest absolute Gasteiger partial charge is 0.0893 e. The Bertz CT molecular complexity index is 248. The van der Waals surface area contributed by atoms with E-state index in [4.69, 9.17) is 0 Å². The first kappa shape index (κ1) is 9.05. The van der Waals surface area contributed by atoms with Gasteiger partial charge in [0, 0.05) is 18.5 Å². The molecular weight excluding hydrogens is 186 g/mol. The quantitative estimate of drug-likeness (QED) is 0.720. The lowest BCUT2D eigenvalue weighted by Gasteiger charge is -2.08. The minimum Gasteiger partial charge on any atom is -0.392 e. The molecule has 5 heteroatoms. The van der Waals surface area contributed by atoms with Crippen molar-refractivity contribution in [1.82, 2.24) is 14.9 Å². The zero-order valence-electron chi connectivity index (χ0n) is 7.31. The van der Waals surface area contributed by atoms with Crippen LogP contribution in [0, 0.1) is 5.92 Å². The first-order valence-corrected chi connectivity index (χ1v) is 5.34. The Hall–Kier alpha value is -0.520. The zero-order chi connectivity index (χ0) is 9.10. The van der Waals surface area contributed by atoms with Crippen molar-refractivity contribution in [3.63, 3.8) is 0 Å². The van der Waals surface area contributed by atoms with Gasteiger partial charge in [-0.2, -0.15) is 0 Å². The standard InChI is InChI=1S/C8H13N3OS/c12-8(6-1-2-6)4-9-3-7-5-13-11-10-7/h5-6,8-9,12H,1-4H2. The maximum Gasteiger partial charge on any atom is 0.0893 e. The summed E-state index contributed by atoms with van der Waals surface area (Å²) in [7, 11) is 0. The summed E-state index contributed by atoms with van der Waals surface area (Å²) in [5.74, 6) is 0.543. The van der Waals surface area contributed by atoms with E-state index < -0.39 is 0 Å². The lowest BCUT2D eigenvalue weighted by Crippen LogP contribution is -2.27. The third kappa shape index (κ3) is 2.72. The van der Waals surface area contributed by atoms with Crippen molar-refractivity contribution in [2.24, 2.45) is 5.92 Å². The van der Waals surface area contributed by atoms with Crippen LogP contribution in [-0.4, -0.2) is 27.3 Å². The summed E-state index contributed by atoms with van der Waals surface area (Å²) >= 11 is 1.35. The summed E-state index contributed by atoms with van der Waals surface area (Å²) in [6.07, 6.45) is 2.19. The molecule has 0 spiro atoms. The third-order valence-electron chi connectivity index (χ3n) is 2.23. The van der Waals surface area contributed by atoms with Gasteiger partial charge in [0.2, 0.25) is 0 Å². The molecule has 1 aromatic rings. The van der Waals surface area contributed by atoms with Gasteiger partial charge in [-0.05, 0) is 30.3 Å². The summed E-state index contributed by atoms with van der Waals surface area (Å²) in [6.45, 7) is 1.38. The van der Waals surface area contributed by atoms with E-state index >= 15 is 0 Å². The molecule has 2 rings (SSSR count). The summed E-state index contributed by atoms with van der Waals surface area (Å²) < 4.78 is 3.76. The molecule has 0 amide bonds. The Morgan fingerprint density at radius 2 is 2.54 bits per heavy atom. The molecule has 1 aliphatic rings. The maximum absolute atomic E-state index is 9.52. The first-order valence-electron chi connectivity index (χ1n) is 4.51. The monoisotopic (exact) mass is 199 g/mol. The van der Waals surface area contributed by atoms with Crippen molar-refractivity contribution in [3.8, 4) is 0 Å². The number of aliphatic hydroxyl groups excluding tert-OH is 1. The molecule has 1 atom stereocenters. The van der Waals surface area contributed by atoms with Gasteiger partial charge in [0.15, 0.2) is 0 Å². The van der Waals surface area contributed by atoms with Gasteiger partial charge in [0.25, 0.3) is 0 Å². The molecule has 0 bridgehead atoms. The van der Waals surface area contributed by atoms with Gasteiger partial charge < -0.3 is 10.4 Å². The van der Waals surface area contributed by atoms with Crippen LogP contribution < -0.4 is 5.32 Å². The van der Waals surface area contributed by atoms with E-state index in [1.165, 1.54) is 24.4 Å². The lowest BCUT2D eigenvalue weighted by atomic mass is 10.2. The molecule has 1 fully saturated rings. The van der Waals surface area contributed by atoms with E-state index in [1.807, 2.05) is 5.38 Å². The van der Waals surface area contributed by atoms with E-state index in [2.05, 4.69) is 14.9 Å². The molecule has 1 saturated carbocycles. The Balaban J connectivity index is 1.63. The molecule has 2 N–H and O–H groups in total. The summed E-state index contributed by atoms with van der Waals surface area (Å²) in [6, 6.07) is 0. The van der Waals surface area contributed by atoms with Gasteiger partial charge in [-0.15, -0.1) is 5.10 Å². The Kier molecular flexibility index (Phi) is 2.87. The van der Waals surface area contributed by atoms with Crippen molar-refractivity contribution in [1.29, 1.82) is 0 Å². The second kappa shape index (κ2) is 4.13. The highest BCUT2D eigenvalue weighted by Crippen LogP contribution is 2.32. The molecule has 13 heavy (non-hydrogen) atoms. The van der Waals surface area contributed by atoms with Crippen LogP contribution in [0.1, 0.15) is 18.5 Å². The predicted molar refractivity (Wildman–Crippen MR) is 50.3 cm³/mol. The van der Waals surface area contributed by atoms with Crippen LogP contribution in [0.25, 0.3) is 0 Å². The molecule has 0 saturated heterocycles. The van der Waals surface area contributed by atoms with Gasteiger partial charge in [0.05, 0.1) is 11.8 Å². The predicted octanol–water partition coefficient (Wildman–Crippen LogP) is 0.399. The summed E-state index contributed by atoms with van der Waals surface area (Å²) in [5.41, 5.74) is 0.952. The Morgan fingerprint density at radius 1 is 1.69 bits per heavy atom. The topological polar surface area (TPSA) is 58.0 Å². The molecule has 72 valence electrons. The van der Waals surface area contributed by atoms with E-state index in [0.29, 0.717) is 19.0 Å². The number of aromatic nitrogens is 2. The van der Waals surface area contributed by atoms with Crippen molar-refractivity contribution in [2.75, 3.05) is 6.54 Å². The van der Waals surface area contributed by atoms with E-state index in [-0.39, 0.29) is 6.10 Å². The van der Waals surface area contributed by atoms with Gasteiger partial charge >= 0.3 is 0 Å². The first-order chi connectivity index (χ1) is 6.36. The molecule has 0 aromatic carbocycles. The highest BCUT2D eigenvalue weighted by atomic mass is 32.1. The zero-order valence-corrected chi connectivity index (χ0v) is 8.13. The molecule has 0 aliphatic heterocycles. The van der Waals surface area contributed by atoms with E-state index in [9.17, 15) is 5.11 Å². The number of hydrogen-bond donors (Lipinski definition) is 2. The SMILES string of the molecule is OC(CNCc1csnn1)C1CC1. The van der Waals surface area contributed by atoms with Crippen LogP contribution in [0.15, 0.2) is 5.38 Å². The maximum atomic E-state index is 9.52. The molecule has 1 heterocycles. The molecule has 4 nitrogen and oxygen atoms in total. The Morgan fingerprint density at radius 3 is 3.15 bits per heavy atom. The van der Waals surface area contributed by atoms with Crippen LogP contribution in [0.3, 0.4) is 0 Å². The second-order valence-corrected chi connectivity index (χ2v) is 4.04. The molecule has 1 aromatic heterocycles. The minimum absolute atomic E-state index is 0.174. The van der Waals surface area contributed by atoms with Gasteiger partial charge in [-0.25, -0.2) is 0 Å². The normalized spacial score (nSPS) is 18.8. The van der Waals surface area contributed by atoms with E-state index in [1.54, 1.807) is 0 Å². The van der Waals surface area contributed by atoms with Crippen molar-refractivity contribution in [3.05, 3.63) is 11.1 Å². The Labute approximate surface area is 81.1 Å². The van der Waals surface area contributed by atoms with Crippen molar-refractivity contribution >= 4 is 11.5 Å². The van der Waals surface area contributed by atoms with Crippen LogP contribution in [0.2, 0.25) is 0 Å².